The van der Waals surface area contributed by atoms with Crippen molar-refractivity contribution in [1.82, 2.24) is 4.37 Å². The van der Waals surface area contributed by atoms with Crippen LogP contribution in [0.1, 0.15) is 12.8 Å². The maximum atomic E-state index is 4.19. The van der Waals surface area contributed by atoms with E-state index in [1.54, 1.807) is 11.5 Å². The van der Waals surface area contributed by atoms with Gasteiger partial charge in [-0.15, -0.1) is 0 Å². The molecule has 1 fully saturated rings. The summed E-state index contributed by atoms with van der Waals surface area (Å²) < 4.78 is 5.49. The summed E-state index contributed by atoms with van der Waals surface area (Å²) in [6.07, 6.45) is 4.61. The van der Waals surface area contributed by atoms with E-state index in [-0.39, 0.29) is 0 Å². The molecule has 3 heteroatoms. The van der Waals surface area contributed by atoms with Crippen molar-refractivity contribution in [3.05, 3.63) is 24.4 Å². The number of aromatic nitrogens is 1. The van der Waals surface area contributed by atoms with Crippen LogP contribution in [-0.2, 0) is 0 Å². The molecule has 14 heavy (non-hydrogen) atoms. The Balaban J connectivity index is 2.04. The Kier molecular flexibility index (Phi) is 1.91. The minimum atomic E-state index is 1.21. The van der Waals surface area contributed by atoms with Gasteiger partial charge < -0.3 is 4.90 Å². The number of anilines is 1. The molecule has 2 nitrogen and oxygen atoms in total. The summed E-state index contributed by atoms with van der Waals surface area (Å²) in [5, 5.41) is 1.26. The molecular formula is C11H12N2S. The van der Waals surface area contributed by atoms with Crippen LogP contribution in [0.15, 0.2) is 24.4 Å². The van der Waals surface area contributed by atoms with E-state index >= 15 is 0 Å². The summed E-state index contributed by atoms with van der Waals surface area (Å²) >= 11 is 1.58. The maximum Gasteiger partial charge on any atom is 0.0570 e. The fraction of sp³-hybridized carbons (Fsp3) is 0.364. The van der Waals surface area contributed by atoms with E-state index in [1.807, 2.05) is 6.20 Å². The largest absolute Gasteiger partial charge is 0.371 e. The van der Waals surface area contributed by atoms with Gasteiger partial charge in [-0.2, -0.15) is 4.37 Å². The molecule has 1 aromatic carbocycles. The topological polar surface area (TPSA) is 16.1 Å². The number of nitrogens with zero attached hydrogens (tertiary/aromatic N) is 2. The van der Waals surface area contributed by atoms with Crippen LogP contribution in [0.2, 0.25) is 0 Å². The van der Waals surface area contributed by atoms with Crippen molar-refractivity contribution in [2.75, 3.05) is 18.0 Å². The first-order valence-corrected chi connectivity index (χ1v) is 5.80. The molecule has 2 aromatic rings. The Labute approximate surface area is 87.3 Å². The number of hydrogen-bond donors (Lipinski definition) is 0. The molecule has 0 saturated carbocycles. The van der Waals surface area contributed by atoms with Crippen LogP contribution in [0.5, 0.6) is 0 Å². The predicted molar refractivity (Wildman–Crippen MR) is 61.1 cm³/mol. The highest BCUT2D eigenvalue weighted by molar-refractivity contribution is 7.13. The molecule has 0 N–H and O–H groups in total. The molecule has 1 saturated heterocycles. The molecule has 3 rings (SSSR count). The van der Waals surface area contributed by atoms with Crippen molar-refractivity contribution in [2.45, 2.75) is 12.8 Å². The van der Waals surface area contributed by atoms with Crippen LogP contribution in [0, 0.1) is 0 Å². The fourth-order valence-corrected chi connectivity index (χ4v) is 2.70. The lowest BCUT2D eigenvalue weighted by molar-refractivity contribution is 0.949. The number of hydrogen-bond acceptors (Lipinski definition) is 3. The third kappa shape index (κ3) is 1.28. The second kappa shape index (κ2) is 3.24. The van der Waals surface area contributed by atoms with E-state index in [4.69, 9.17) is 0 Å². The summed E-state index contributed by atoms with van der Waals surface area (Å²) in [6, 6.07) is 6.65. The third-order valence-corrected chi connectivity index (χ3v) is 3.57. The molecule has 0 unspecified atom stereocenters. The van der Waals surface area contributed by atoms with Crippen molar-refractivity contribution in [3.8, 4) is 0 Å². The highest BCUT2D eigenvalue weighted by atomic mass is 32.1. The monoisotopic (exact) mass is 204 g/mol. The van der Waals surface area contributed by atoms with Crippen LogP contribution >= 0.6 is 11.5 Å². The summed E-state index contributed by atoms with van der Waals surface area (Å²) in [5.74, 6) is 0. The van der Waals surface area contributed by atoms with Gasteiger partial charge in [-0.05, 0) is 42.6 Å². The summed E-state index contributed by atoms with van der Waals surface area (Å²) in [5.41, 5.74) is 1.36. The minimum Gasteiger partial charge on any atom is -0.371 e. The summed E-state index contributed by atoms with van der Waals surface area (Å²) in [6.45, 7) is 2.43. The zero-order valence-corrected chi connectivity index (χ0v) is 8.76. The second-order valence-electron chi connectivity index (χ2n) is 3.74. The SMILES string of the molecule is c1cc2cnsc2cc1N1CCCC1. The molecular weight excluding hydrogens is 192 g/mol. The second-order valence-corrected chi connectivity index (χ2v) is 4.58. The molecule has 1 aliphatic rings. The van der Waals surface area contributed by atoms with Gasteiger partial charge in [0.1, 0.15) is 0 Å². The molecule has 0 amide bonds. The van der Waals surface area contributed by atoms with Crippen LogP contribution < -0.4 is 4.90 Å². The number of fused-ring (bicyclic) bond motifs is 1. The molecule has 0 bridgehead atoms. The fourth-order valence-electron chi connectivity index (χ4n) is 2.02. The summed E-state index contributed by atoms with van der Waals surface area (Å²) in [7, 11) is 0. The van der Waals surface area contributed by atoms with Crippen LogP contribution in [-0.4, -0.2) is 17.5 Å². The van der Waals surface area contributed by atoms with Gasteiger partial charge >= 0.3 is 0 Å². The lowest BCUT2D eigenvalue weighted by Gasteiger charge is -2.17. The van der Waals surface area contributed by atoms with Crippen molar-refractivity contribution in [1.29, 1.82) is 0 Å². The number of rotatable bonds is 1. The van der Waals surface area contributed by atoms with Gasteiger partial charge in [0, 0.05) is 30.4 Å². The zero-order valence-electron chi connectivity index (χ0n) is 7.94. The van der Waals surface area contributed by atoms with E-state index in [0.29, 0.717) is 0 Å². The zero-order chi connectivity index (χ0) is 9.38. The third-order valence-electron chi connectivity index (χ3n) is 2.81. The lowest BCUT2D eigenvalue weighted by Crippen LogP contribution is -2.17. The Morgan fingerprint density at radius 2 is 2.07 bits per heavy atom. The van der Waals surface area contributed by atoms with Gasteiger partial charge in [0.05, 0.1) is 4.70 Å². The lowest BCUT2D eigenvalue weighted by atomic mass is 10.2. The summed E-state index contributed by atoms with van der Waals surface area (Å²) in [4.78, 5) is 2.46. The van der Waals surface area contributed by atoms with Crippen LogP contribution in [0.4, 0.5) is 5.69 Å². The van der Waals surface area contributed by atoms with Crippen LogP contribution in [0.25, 0.3) is 10.1 Å². The Bertz CT molecular complexity index is 443. The Morgan fingerprint density at radius 1 is 1.21 bits per heavy atom. The van der Waals surface area contributed by atoms with Crippen molar-refractivity contribution >= 4 is 27.3 Å². The van der Waals surface area contributed by atoms with E-state index < -0.39 is 0 Å². The molecule has 0 atom stereocenters. The van der Waals surface area contributed by atoms with Crippen molar-refractivity contribution in [2.24, 2.45) is 0 Å². The smallest absolute Gasteiger partial charge is 0.0570 e. The molecule has 0 radical (unpaired) electrons. The minimum absolute atomic E-state index is 1.21. The van der Waals surface area contributed by atoms with Crippen molar-refractivity contribution in [3.63, 3.8) is 0 Å². The quantitative estimate of drug-likeness (QED) is 0.710. The first-order chi connectivity index (χ1) is 6.93. The molecule has 0 aliphatic carbocycles. The highest BCUT2D eigenvalue weighted by Crippen LogP contribution is 2.26. The maximum absolute atomic E-state index is 4.19. The molecule has 1 aliphatic heterocycles. The normalized spacial score (nSPS) is 16.7. The van der Waals surface area contributed by atoms with E-state index in [1.165, 1.54) is 41.7 Å². The first-order valence-electron chi connectivity index (χ1n) is 5.03. The van der Waals surface area contributed by atoms with Crippen LogP contribution in [0.3, 0.4) is 0 Å². The number of benzene rings is 1. The molecule has 2 heterocycles. The van der Waals surface area contributed by atoms with Gasteiger partial charge in [-0.25, -0.2) is 0 Å². The van der Waals surface area contributed by atoms with Gasteiger partial charge in [0.25, 0.3) is 0 Å². The predicted octanol–water partition coefficient (Wildman–Crippen LogP) is 2.90. The average Bonchev–Trinajstić information content (AvgIpc) is 2.88. The molecule has 72 valence electrons. The van der Waals surface area contributed by atoms with Gasteiger partial charge in [-0.1, -0.05) is 0 Å². The Hall–Kier alpha value is -1.09. The molecule has 1 aromatic heterocycles. The standard InChI is InChI=1S/C11H12N2S/c1-2-6-13(5-1)10-4-3-9-8-12-14-11(9)7-10/h3-4,7-8H,1-2,5-6H2. The van der Waals surface area contributed by atoms with Gasteiger partial charge in [-0.3, -0.25) is 0 Å². The average molecular weight is 204 g/mol. The van der Waals surface area contributed by atoms with E-state index in [0.717, 1.165) is 0 Å². The van der Waals surface area contributed by atoms with Gasteiger partial charge in [0.15, 0.2) is 0 Å². The van der Waals surface area contributed by atoms with Crippen molar-refractivity contribution < 1.29 is 0 Å². The van der Waals surface area contributed by atoms with Gasteiger partial charge in [0.2, 0.25) is 0 Å². The van der Waals surface area contributed by atoms with E-state index in [9.17, 15) is 0 Å². The van der Waals surface area contributed by atoms with E-state index in [2.05, 4.69) is 27.5 Å². The Morgan fingerprint density at radius 3 is 2.93 bits per heavy atom. The first kappa shape index (κ1) is 8.24. The molecule has 0 spiro atoms. The highest BCUT2D eigenvalue weighted by Gasteiger charge is 2.12.